The molecule has 0 radical (unpaired) electrons. The monoisotopic (exact) mass is 405 g/mol. The van der Waals surface area contributed by atoms with Crippen molar-refractivity contribution in [2.45, 2.75) is 39.7 Å². The van der Waals surface area contributed by atoms with Crippen molar-refractivity contribution in [1.82, 2.24) is 9.47 Å². The molecular weight excluding hydrogens is 378 g/mol. The van der Waals surface area contributed by atoms with Gasteiger partial charge in [0.2, 0.25) is 5.91 Å². The fourth-order valence-electron chi connectivity index (χ4n) is 3.78. The molecule has 5 heteroatoms. The molecule has 3 aromatic rings. The second kappa shape index (κ2) is 8.78. The minimum absolute atomic E-state index is 0.295. The summed E-state index contributed by atoms with van der Waals surface area (Å²) < 4.78 is 2.31. The first-order valence-corrected chi connectivity index (χ1v) is 11.1. The Labute approximate surface area is 176 Å². The highest BCUT2D eigenvalue weighted by atomic mass is 32.1. The summed E-state index contributed by atoms with van der Waals surface area (Å²) in [5, 5.41) is 2.19. The van der Waals surface area contributed by atoms with Crippen LogP contribution >= 0.6 is 11.3 Å². The highest BCUT2D eigenvalue weighted by molar-refractivity contribution is 7.07. The van der Waals surface area contributed by atoms with Gasteiger partial charge in [-0.1, -0.05) is 42.5 Å². The molecular formula is C24H27N3OS. The average molecular weight is 406 g/mol. The largest absolute Gasteiger partial charge is 0.343 e. The summed E-state index contributed by atoms with van der Waals surface area (Å²) in [7, 11) is 0. The van der Waals surface area contributed by atoms with Crippen LogP contribution in [0.1, 0.15) is 30.4 Å². The summed E-state index contributed by atoms with van der Waals surface area (Å²) >= 11 is 1.68. The highest BCUT2D eigenvalue weighted by Crippen LogP contribution is 2.23. The molecule has 4 nitrogen and oxygen atoms in total. The molecule has 4 rings (SSSR count). The summed E-state index contributed by atoms with van der Waals surface area (Å²) in [5.41, 5.74) is 5.80. The molecule has 150 valence electrons. The van der Waals surface area contributed by atoms with Crippen LogP contribution in [0.5, 0.6) is 0 Å². The van der Waals surface area contributed by atoms with Crippen LogP contribution in [0.3, 0.4) is 0 Å². The zero-order valence-corrected chi connectivity index (χ0v) is 17.9. The average Bonchev–Trinajstić information content (AvgIpc) is 3.32. The molecule has 29 heavy (non-hydrogen) atoms. The van der Waals surface area contributed by atoms with Crippen LogP contribution in [0.15, 0.2) is 58.9 Å². The highest BCUT2D eigenvalue weighted by Gasteiger charge is 2.19. The van der Waals surface area contributed by atoms with Gasteiger partial charge in [-0.3, -0.25) is 4.79 Å². The Morgan fingerprint density at radius 3 is 2.66 bits per heavy atom. The number of aryl methyl sites for hydroxylation is 2. The first-order chi connectivity index (χ1) is 14.1. The van der Waals surface area contributed by atoms with Crippen molar-refractivity contribution in [2.24, 2.45) is 4.99 Å². The van der Waals surface area contributed by atoms with Crippen LogP contribution in [-0.4, -0.2) is 28.5 Å². The SMILES string of the molecule is Cc1ccc(C)c(N=c2scc(-c3ccccc3)n2CCCN2CCCC2=O)c1. The molecule has 1 amide bonds. The summed E-state index contributed by atoms with van der Waals surface area (Å²) in [6.07, 6.45) is 2.63. The van der Waals surface area contributed by atoms with Gasteiger partial charge in [0, 0.05) is 31.4 Å². The molecule has 2 aromatic carbocycles. The van der Waals surface area contributed by atoms with E-state index in [1.165, 1.54) is 22.4 Å². The zero-order valence-electron chi connectivity index (χ0n) is 17.1. The van der Waals surface area contributed by atoms with Gasteiger partial charge in [-0.15, -0.1) is 11.3 Å². The van der Waals surface area contributed by atoms with Crippen LogP contribution in [0.25, 0.3) is 11.3 Å². The minimum atomic E-state index is 0.295. The molecule has 0 spiro atoms. The Morgan fingerprint density at radius 2 is 1.90 bits per heavy atom. The third kappa shape index (κ3) is 4.51. The van der Waals surface area contributed by atoms with Gasteiger partial charge in [-0.2, -0.15) is 0 Å². The normalized spacial score (nSPS) is 14.8. The van der Waals surface area contributed by atoms with Crippen molar-refractivity contribution in [3.63, 3.8) is 0 Å². The van der Waals surface area contributed by atoms with Crippen molar-refractivity contribution >= 4 is 22.9 Å². The second-order valence-corrected chi connectivity index (χ2v) is 8.50. The number of benzene rings is 2. The molecule has 0 N–H and O–H groups in total. The van der Waals surface area contributed by atoms with Gasteiger partial charge in [0.15, 0.2) is 4.80 Å². The molecule has 0 saturated carbocycles. The fraction of sp³-hybridized carbons (Fsp3) is 0.333. The third-order valence-corrected chi connectivity index (χ3v) is 6.29. The van der Waals surface area contributed by atoms with E-state index in [0.29, 0.717) is 12.3 Å². The molecule has 1 saturated heterocycles. The van der Waals surface area contributed by atoms with Crippen molar-refractivity contribution in [3.05, 3.63) is 69.8 Å². The zero-order chi connectivity index (χ0) is 20.2. The van der Waals surface area contributed by atoms with Crippen LogP contribution in [0, 0.1) is 13.8 Å². The maximum absolute atomic E-state index is 11.9. The van der Waals surface area contributed by atoms with Gasteiger partial charge in [-0.25, -0.2) is 4.99 Å². The molecule has 1 fully saturated rings. The van der Waals surface area contributed by atoms with E-state index < -0.39 is 0 Å². The predicted octanol–water partition coefficient (Wildman–Crippen LogP) is 5.08. The van der Waals surface area contributed by atoms with Crippen LogP contribution in [-0.2, 0) is 11.3 Å². The van der Waals surface area contributed by atoms with Gasteiger partial charge in [0.25, 0.3) is 0 Å². The lowest BCUT2D eigenvalue weighted by atomic mass is 10.1. The van der Waals surface area contributed by atoms with Crippen LogP contribution in [0.2, 0.25) is 0 Å². The lowest BCUT2D eigenvalue weighted by molar-refractivity contribution is -0.127. The molecule has 1 aliphatic rings. The van der Waals surface area contributed by atoms with E-state index in [9.17, 15) is 4.79 Å². The van der Waals surface area contributed by atoms with E-state index in [-0.39, 0.29) is 0 Å². The Kier molecular flexibility index (Phi) is 5.95. The maximum atomic E-state index is 11.9. The number of rotatable bonds is 6. The topological polar surface area (TPSA) is 37.6 Å². The summed E-state index contributed by atoms with van der Waals surface area (Å²) in [4.78, 5) is 20.0. The molecule has 0 bridgehead atoms. The van der Waals surface area contributed by atoms with Crippen molar-refractivity contribution in [1.29, 1.82) is 0 Å². The Balaban J connectivity index is 1.67. The van der Waals surface area contributed by atoms with Gasteiger partial charge in [0.05, 0.1) is 11.4 Å². The van der Waals surface area contributed by atoms with E-state index in [2.05, 4.69) is 66.3 Å². The first kappa shape index (κ1) is 19.6. The minimum Gasteiger partial charge on any atom is -0.343 e. The molecule has 1 aromatic heterocycles. The van der Waals surface area contributed by atoms with Gasteiger partial charge >= 0.3 is 0 Å². The fourth-order valence-corrected chi connectivity index (χ4v) is 4.73. The molecule has 0 atom stereocenters. The number of carbonyl (C=O) groups excluding carboxylic acids is 1. The Bertz CT molecular complexity index is 1070. The standard InChI is InChI=1S/C24H27N3OS/c1-18-11-12-19(2)21(16-18)25-24-27(15-7-14-26-13-6-10-23(26)28)22(17-29-24)20-8-4-3-5-9-20/h3-5,8-9,11-12,16-17H,6-7,10,13-15H2,1-2H3. The van der Waals surface area contributed by atoms with E-state index in [0.717, 1.165) is 43.0 Å². The summed E-state index contributed by atoms with van der Waals surface area (Å²) in [6, 6.07) is 16.9. The van der Waals surface area contributed by atoms with Gasteiger partial charge in [0.1, 0.15) is 0 Å². The number of amides is 1. The Hall–Kier alpha value is -2.66. The maximum Gasteiger partial charge on any atom is 0.222 e. The van der Waals surface area contributed by atoms with E-state index in [1.807, 2.05) is 11.0 Å². The smallest absolute Gasteiger partial charge is 0.222 e. The molecule has 0 aliphatic carbocycles. The predicted molar refractivity (Wildman–Crippen MR) is 119 cm³/mol. The molecule has 2 heterocycles. The lowest BCUT2D eigenvalue weighted by Crippen LogP contribution is -2.27. The molecule has 1 aliphatic heterocycles. The number of thiazole rings is 1. The van der Waals surface area contributed by atoms with E-state index in [4.69, 9.17) is 4.99 Å². The first-order valence-electron chi connectivity index (χ1n) is 10.3. The van der Waals surface area contributed by atoms with Crippen molar-refractivity contribution < 1.29 is 4.79 Å². The summed E-state index contributed by atoms with van der Waals surface area (Å²) in [6.45, 7) is 6.77. The number of nitrogens with zero attached hydrogens (tertiary/aromatic N) is 3. The van der Waals surface area contributed by atoms with Gasteiger partial charge < -0.3 is 9.47 Å². The van der Waals surface area contributed by atoms with Crippen LogP contribution < -0.4 is 4.80 Å². The van der Waals surface area contributed by atoms with E-state index >= 15 is 0 Å². The second-order valence-electron chi connectivity index (χ2n) is 7.66. The molecule has 0 unspecified atom stereocenters. The van der Waals surface area contributed by atoms with Crippen LogP contribution in [0.4, 0.5) is 5.69 Å². The quantitative estimate of drug-likeness (QED) is 0.564. The van der Waals surface area contributed by atoms with Crippen molar-refractivity contribution in [2.75, 3.05) is 13.1 Å². The lowest BCUT2D eigenvalue weighted by Gasteiger charge is -2.16. The number of hydrogen-bond donors (Lipinski definition) is 0. The number of carbonyl (C=O) groups is 1. The number of aromatic nitrogens is 1. The number of hydrogen-bond acceptors (Lipinski definition) is 3. The van der Waals surface area contributed by atoms with Gasteiger partial charge in [-0.05, 0) is 49.4 Å². The van der Waals surface area contributed by atoms with Crippen molar-refractivity contribution in [3.8, 4) is 11.3 Å². The summed E-state index contributed by atoms with van der Waals surface area (Å²) in [5.74, 6) is 0.295. The van der Waals surface area contributed by atoms with E-state index in [1.54, 1.807) is 11.3 Å². The Morgan fingerprint density at radius 1 is 1.07 bits per heavy atom. The third-order valence-electron chi connectivity index (χ3n) is 5.43. The number of likely N-dealkylation sites (tertiary alicyclic amines) is 1.